The quantitative estimate of drug-likeness (QED) is 0.333. The number of thioether (sulfide) groups is 1. The van der Waals surface area contributed by atoms with Crippen molar-refractivity contribution in [1.82, 2.24) is 0 Å². The normalized spacial score (nSPS) is 11.8. The summed E-state index contributed by atoms with van der Waals surface area (Å²) in [5.74, 6) is -0.213. The van der Waals surface area contributed by atoms with Crippen molar-refractivity contribution < 1.29 is 19.1 Å². The van der Waals surface area contributed by atoms with Crippen molar-refractivity contribution in [3.63, 3.8) is 0 Å². The standard InChI is InChI=1S/C18H23ClO4S/c1-2-23-17(21)11-7-6-10-15(13-16(19)20)24-18(22)12-14-8-4-3-5-9-14/h3-5,8-9,15H,2,6-7,10-13H2,1H3. The van der Waals surface area contributed by atoms with Crippen molar-refractivity contribution in [2.24, 2.45) is 0 Å². The van der Waals surface area contributed by atoms with Crippen LogP contribution in [0.25, 0.3) is 0 Å². The molecule has 24 heavy (non-hydrogen) atoms. The fraction of sp³-hybridized carbons (Fsp3) is 0.500. The van der Waals surface area contributed by atoms with E-state index in [0.29, 0.717) is 32.3 Å². The number of carbonyl (C=O) groups is 3. The van der Waals surface area contributed by atoms with E-state index >= 15 is 0 Å². The van der Waals surface area contributed by atoms with Crippen molar-refractivity contribution in [3.05, 3.63) is 35.9 Å². The van der Waals surface area contributed by atoms with Gasteiger partial charge in [-0.2, -0.15) is 0 Å². The Morgan fingerprint density at radius 3 is 2.50 bits per heavy atom. The van der Waals surface area contributed by atoms with E-state index in [-0.39, 0.29) is 22.8 Å². The van der Waals surface area contributed by atoms with Gasteiger partial charge in [0.1, 0.15) is 0 Å². The molecule has 4 nitrogen and oxygen atoms in total. The summed E-state index contributed by atoms with van der Waals surface area (Å²) in [6, 6.07) is 9.49. The molecule has 1 unspecified atom stereocenters. The van der Waals surface area contributed by atoms with Crippen LogP contribution in [-0.4, -0.2) is 28.2 Å². The highest BCUT2D eigenvalue weighted by atomic mass is 35.5. The molecule has 0 aliphatic carbocycles. The molecule has 0 fully saturated rings. The van der Waals surface area contributed by atoms with Gasteiger partial charge in [0.15, 0.2) is 5.12 Å². The molecule has 0 aliphatic rings. The van der Waals surface area contributed by atoms with Gasteiger partial charge in [-0.05, 0) is 36.9 Å². The molecule has 0 radical (unpaired) electrons. The van der Waals surface area contributed by atoms with E-state index in [9.17, 15) is 14.4 Å². The van der Waals surface area contributed by atoms with Gasteiger partial charge in [-0.15, -0.1) is 0 Å². The summed E-state index contributed by atoms with van der Waals surface area (Å²) in [6.45, 7) is 2.15. The average molecular weight is 371 g/mol. The first-order chi connectivity index (χ1) is 11.5. The maximum atomic E-state index is 12.2. The van der Waals surface area contributed by atoms with Crippen LogP contribution in [0.1, 0.15) is 44.6 Å². The van der Waals surface area contributed by atoms with Crippen LogP contribution >= 0.6 is 23.4 Å². The van der Waals surface area contributed by atoms with Crippen molar-refractivity contribution in [2.75, 3.05) is 6.61 Å². The highest BCUT2D eigenvalue weighted by Crippen LogP contribution is 2.24. The molecule has 0 spiro atoms. The van der Waals surface area contributed by atoms with E-state index < -0.39 is 5.24 Å². The Labute approximate surface area is 152 Å². The largest absolute Gasteiger partial charge is 0.466 e. The van der Waals surface area contributed by atoms with Gasteiger partial charge in [0, 0.05) is 24.5 Å². The number of hydrogen-bond acceptors (Lipinski definition) is 5. The second-order valence-corrected chi connectivity index (χ2v) is 7.16. The SMILES string of the molecule is CCOC(=O)CCCCC(CC(=O)Cl)SC(=O)Cc1ccccc1. The Morgan fingerprint density at radius 1 is 1.17 bits per heavy atom. The fourth-order valence-corrected chi connectivity index (χ4v) is 3.67. The number of hydrogen-bond donors (Lipinski definition) is 0. The number of benzene rings is 1. The van der Waals surface area contributed by atoms with Crippen LogP contribution in [0.3, 0.4) is 0 Å². The van der Waals surface area contributed by atoms with E-state index in [1.54, 1.807) is 6.92 Å². The van der Waals surface area contributed by atoms with E-state index in [1.807, 2.05) is 30.3 Å². The lowest BCUT2D eigenvalue weighted by Gasteiger charge is -2.13. The van der Waals surface area contributed by atoms with E-state index in [1.165, 1.54) is 11.8 Å². The molecule has 1 rings (SSSR count). The average Bonchev–Trinajstić information content (AvgIpc) is 2.52. The molecule has 0 N–H and O–H groups in total. The molecular formula is C18H23ClO4S. The number of unbranched alkanes of at least 4 members (excludes halogenated alkanes) is 1. The maximum absolute atomic E-state index is 12.2. The lowest BCUT2D eigenvalue weighted by Crippen LogP contribution is -2.12. The molecule has 1 aromatic carbocycles. The Balaban J connectivity index is 2.39. The van der Waals surface area contributed by atoms with Crippen LogP contribution in [0.5, 0.6) is 0 Å². The van der Waals surface area contributed by atoms with Gasteiger partial charge < -0.3 is 4.74 Å². The zero-order valence-corrected chi connectivity index (χ0v) is 15.4. The first-order valence-corrected chi connectivity index (χ1v) is 9.34. The van der Waals surface area contributed by atoms with E-state index in [4.69, 9.17) is 16.3 Å². The van der Waals surface area contributed by atoms with Gasteiger partial charge in [-0.1, -0.05) is 48.5 Å². The molecule has 0 saturated heterocycles. The molecule has 0 heterocycles. The van der Waals surface area contributed by atoms with Gasteiger partial charge in [-0.3, -0.25) is 14.4 Å². The summed E-state index contributed by atoms with van der Waals surface area (Å²) in [7, 11) is 0. The topological polar surface area (TPSA) is 60.4 Å². The van der Waals surface area contributed by atoms with Gasteiger partial charge in [0.25, 0.3) is 0 Å². The van der Waals surface area contributed by atoms with Gasteiger partial charge >= 0.3 is 5.97 Å². The molecule has 0 bridgehead atoms. The van der Waals surface area contributed by atoms with Gasteiger partial charge in [0.05, 0.1) is 6.61 Å². The van der Waals surface area contributed by atoms with Gasteiger partial charge in [0.2, 0.25) is 5.24 Å². The molecule has 1 atom stereocenters. The molecule has 6 heteroatoms. The number of rotatable bonds is 11. The van der Waals surface area contributed by atoms with Crippen molar-refractivity contribution in [1.29, 1.82) is 0 Å². The minimum absolute atomic E-state index is 0.0227. The zero-order valence-electron chi connectivity index (χ0n) is 13.8. The second kappa shape index (κ2) is 12.1. The molecule has 0 saturated carbocycles. The predicted octanol–water partition coefficient (Wildman–Crippen LogP) is 4.14. The summed E-state index contributed by atoms with van der Waals surface area (Å²) >= 11 is 6.66. The predicted molar refractivity (Wildman–Crippen MR) is 97.1 cm³/mol. The monoisotopic (exact) mass is 370 g/mol. The number of esters is 1. The minimum atomic E-state index is -0.439. The zero-order chi connectivity index (χ0) is 17.8. The third-order valence-corrected chi connectivity index (χ3v) is 4.64. The Hall–Kier alpha value is -1.33. The highest BCUT2D eigenvalue weighted by Gasteiger charge is 2.18. The minimum Gasteiger partial charge on any atom is -0.466 e. The number of halogens is 1. The first kappa shape index (κ1) is 20.7. The van der Waals surface area contributed by atoms with Crippen LogP contribution in [0, 0.1) is 0 Å². The Kier molecular flexibility index (Phi) is 10.4. The van der Waals surface area contributed by atoms with Crippen LogP contribution in [0.15, 0.2) is 30.3 Å². The summed E-state index contributed by atoms with van der Waals surface area (Å²) < 4.78 is 4.87. The summed E-state index contributed by atoms with van der Waals surface area (Å²) in [5.41, 5.74) is 0.952. The molecule has 0 aromatic heterocycles. The van der Waals surface area contributed by atoms with Gasteiger partial charge in [-0.25, -0.2) is 0 Å². The lowest BCUT2D eigenvalue weighted by molar-refractivity contribution is -0.143. The molecule has 1 aromatic rings. The van der Waals surface area contributed by atoms with Crippen molar-refractivity contribution in [3.8, 4) is 0 Å². The van der Waals surface area contributed by atoms with Crippen LogP contribution in [-0.2, 0) is 25.5 Å². The van der Waals surface area contributed by atoms with Crippen molar-refractivity contribution >= 4 is 39.7 Å². The van der Waals surface area contributed by atoms with Crippen molar-refractivity contribution in [2.45, 2.75) is 50.7 Å². The fourth-order valence-electron chi connectivity index (χ4n) is 2.25. The molecule has 132 valence electrons. The molecular weight excluding hydrogens is 348 g/mol. The van der Waals surface area contributed by atoms with E-state index in [2.05, 4.69) is 0 Å². The third-order valence-electron chi connectivity index (χ3n) is 3.34. The number of ether oxygens (including phenoxy) is 1. The van der Waals surface area contributed by atoms with Crippen LogP contribution < -0.4 is 0 Å². The van der Waals surface area contributed by atoms with Crippen LogP contribution in [0.2, 0.25) is 0 Å². The molecule has 0 aliphatic heterocycles. The summed E-state index contributed by atoms with van der Waals surface area (Å²) in [6.07, 6.45) is 2.95. The Morgan fingerprint density at radius 2 is 1.88 bits per heavy atom. The summed E-state index contributed by atoms with van der Waals surface area (Å²) in [4.78, 5) is 34.6. The molecule has 0 amide bonds. The smallest absolute Gasteiger partial charge is 0.305 e. The van der Waals surface area contributed by atoms with Crippen LogP contribution in [0.4, 0.5) is 0 Å². The lowest BCUT2D eigenvalue weighted by atomic mass is 10.1. The maximum Gasteiger partial charge on any atom is 0.305 e. The second-order valence-electron chi connectivity index (χ2n) is 5.38. The highest BCUT2D eigenvalue weighted by molar-refractivity contribution is 8.14. The summed E-state index contributed by atoms with van der Waals surface area (Å²) in [5, 5.41) is -0.562. The number of carbonyl (C=O) groups excluding carboxylic acids is 3. The Bertz CT molecular complexity index is 533. The first-order valence-electron chi connectivity index (χ1n) is 8.08. The third kappa shape index (κ3) is 9.73. The van der Waals surface area contributed by atoms with E-state index in [0.717, 1.165) is 12.0 Å².